The van der Waals surface area contributed by atoms with E-state index in [2.05, 4.69) is 10.4 Å². The molecular weight excluding hydrogens is 278 g/mol. The number of carboxylic acid groups (broad SMARTS) is 1. The maximum atomic E-state index is 12.0. The van der Waals surface area contributed by atoms with Crippen molar-refractivity contribution in [2.75, 3.05) is 5.32 Å². The van der Waals surface area contributed by atoms with Crippen LogP contribution in [0.2, 0.25) is 0 Å². The van der Waals surface area contributed by atoms with E-state index < -0.39 is 5.97 Å². The van der Waals surface area contributed by atoms with Gasteiger partial charge in [0.1, 0.15) is 0 Å². The van der Waals surface area contributed by atoms with Crippen LogP contribution in [-0.4, -0.2) is 26.8 Å². The number of amides is 1. The molecule has 0 aromatic carbocycles. The van der Waals surface area contributed by atoms with E-state index in [1.54, 1.807) is 29.4 Å². The number of nitrogens with zero attached hydrogens (tertiary/aromatic N) is 2. The molecule has 2 heterocycles. The number of aryl methyl sites for hydroxylation is 2. The zero-order valence-corrected chi connectivity index (χ0v) is 11.8. The van der Waals surface area contributed by atoms with Crippen molar-refractivity contribution in [1.82, 2.24) is 9.78 Å². The Bertz CT molecular complexity index is 685. The van der Waals surface area contributed by atoms with Crippen LogP contribution >= 0.6 is 11.3 Å². The first-order valence-corrected chi connectivity index (χ1v) is 6.65. The van der Waals surface area contributed by atoms with E-state index in [9.17, 15) is 9.59 Å². The van der Waals surface area contributed by atoms with E-state index in [1.807, 2.05) is 6.92 Å². The molecule has 2 N–H and O–H groups in total. The van der Waals surface area contributed by atoms with Crippen LogP contribution in [0, 0.1) is 6.92 Å². The minimum Gasteiger partial charge on any atom is -0.478 e. The summed E-state index contributed by atoms with van der Waals surface area (Å²) in [5.41, 5.74) is 1.89. The fourth-order valence-electron chi connectivity index (χ4n) is 1.63. The summed E-state index contributed by atoms with van der Waals surface area (Å²) in [6, 6.07) is 1.64. The number of hydrogen-bond donors (Lipinski definition) is 2. The lowest BCUT2D eigenvalue weighted by molar-refractivity contribution is -0.131. The zero-order chi connectivity index (χ0) is 14.7. The topological polar surface area (TPSA) is 84.2 Å². The third-order valence-corrected chi connectivity index (χ3v) is 3.43. The summed E-state index contributed by atoms with van der Waals surface area (Å²) in [7, 11) is 1.78. The molecule has 2 rings (SSSR count). The molecule has 0 aliphatic rings. The Morgan fingerprint density at radius 2 is 2.25 bits per heavy atom. The van der Waals surface area contributed by atoms with E-state index >= 15 is 0 Å². The summed E-state index contributed by atoms with van der Waals surface area (Å²) in [4.78, 5) is 23.2. The number of hydrogen-bond acceptors (Lipinski definition) is 4. The fraction of sp³-hybridized carbons (Fsp3) is 0.154. The summed E-state index contributed by atoms with van der Waals surface area (Å²) in [5, 5.41) is 17.1. The number of anilines is 1. The predicted molar refractivity (Wildman–Crippen MR) is 76.9 cm³/mol. The highest BCUT2D eigenvalue weighted by Gasteiger charge is 2.11. The van der Waals surface area contributed by atoms with E-state index in [-0.39, 0.29) is 5.91 Å². The van der Waals surface area contributed by atoms with Crippen molar-refractivity contribution in [2.45, 2.75) is 6.92 Å². The predicted octanol–water partition coefficient (Wildman–Crippen LogP) is 2.14. The number of carbonyl (C=O) groups is 2. The Morgan fingerprint density at radius 1 is 1.50 bits per heavy atom. The van der Waals surface area contributed by atoms with E-state index in [0.29, 0.717) is 16.1 Å². The van der Waals surface area contributed by atoms with Crippen LogP contribution in [0.15, 0.2) is 23.7 Å². The minimum atomic E-state index is -1.02. The Kier molecular flexibility index (Phi) is 3.99. The molecule has 1 amide bonds. The number of carboxylic acids is 1. The van der Waals surface area contributed by atoms with Crippen LogP contribution in [0.25, 0.3) is 6.08 Å². The number of rotatable bonds is 4. The summed E-state index contributed by atoms with van der Waals surface area (Å²) in [6.45, 7) is 1.81. The molecule has 0 aliphatic carbocycles. The van der Waals surface area contributed by atoms with Gasteiger partial charge in [-0.3, -0.25) is 9.48 Å². The Balaban J connectivity index is 2.10. The normalized spacial score (nSPS) is 10.9. The lowest BCUT2D eigenvalue weighted by Gasteiger charge is -2.00. The van der Waals surface area contributed by atoms with Crippen LogP contribution in [0.1, 0.15) is 20.9 Å². The highest BCUT2D eigenvalue weighted by Crippen LogP contribution is 2.19. The lowest BCUT2D eigenvalue weighted by Crippen LogP contribution is -2.11. The molecular formula is C13H13N3O3S. The van der Waals surface area contributed by atoms with Crippen molar-refractivity contribution >= 4 is 35.0 Å². The molecule has 0 unspecified atom stereocenters. The fourth-order valence-corrected chi connectivity index (χ4v) is 2.41. The van der Waals surface area contributed by atoms with E-state index in [4.69, 9.17) is 5.11 Å². The number of nitrogens with one attached hydrogen (secondary N) is 1. The van der Waals surface area contributed by atoms with Gasteiger partial charge in [-0.15, -0.1) is 11.3 Å². The van der Waals surface area contributed by atoms with Crippen molar-refractivity contribution in [3.8, 4) is 0 Å². The first kappa shape index (κ1) is 14.0. The van der Waals surface area contributed by atoms with E-state index in [1.165, 1.54) is 17.4 Å². The molecule has 2 aromatic rings. The number of thiophene rings is 1. The van der Waals surface area contributed by atoms with Crippen molar-refractivity contribution in [1.29, 1.82) is 0 Å². The van der Waals surface area contributed by atoms with Crippen LogP contribution in [0.5, 0.6) is 0 Å². The summed E-state index contributed by atoms with van der Waals surface area (Å²) in [6.07, 6.45) is 4.22. The molecule has 0 saturated heterocycles. The molecule has 0 radical (unpaired) electrons. The standard InChI is InChI=1S/C13H13N3O3S/c1-8-11(6-16(2)15-8)14-13(19)9-5-10(20-7-9)3-4-12(17)18/h3-7H,1-2H3,(H,14,19)(H,17,18)/b4-3+. The van der Waals surface area contributed by atoms with Gasteiger partial charge in [0.05, 0.1) is 16.9 Å². The van der Waals surface area contributed by atoms with Crippen LogP contribution in [0.3, 0.4) is 0 Å². The lowest BCUT2D eigenvalue weighted by atomic mass is 10.2. The minimum absolute atomic E-state index is 0.243. The van der Waals surface area contributed by atoms with Gasteiger partial charge in [-0.1, -0.05) is 0 Å². The quantitative estimate of drug-likeness (QED) is 0.845. The second-order valence-electron chi connectivity index (χ2n) is 4.17. The summed E-state index contributed by atoms with van der Waals surface area (Å²) in [5.74, 6) is -1.26. The molecule has 0 fully saturated rings. The van der Waals surface area contributed by atoms with Gasteiger partial charge in [0.2, 0.25) is 0 Å². The molecule has 6 nitrogen and oxygen atoms in total. The van der Waals surface area contributed by atoms with Crippen molar-refractivity contribution in [3.63, 3.8) is 0 Å². The molecule has 20 heavy (non-hydrogen) atoms. The first-order chi connectivity index (χ1) is 9.45. The third-order valence-electron chi connectivity index (χ3n) is 2.53. The van der Waals surface area contributed by atoms with Gasteiger partial charge < -0.3 is 10.4 Å². The van der Waals surface area contributed by atoms with Gasteiger partial charge >= 0.3 is 5.97 Å². The zero-order valence-electron chi connectivity index (χ0n) is 11.0. The van der Waals surface area contributed by atoms with Crippen LogP contribution < -0.4 is 5.32 Å². The first-order valence-electron chi connectivity index (χ1n) is 5.77. The Morgan fingerprint density at radius 3 is 2.85 bits per heavy atom. The number of carbonyl (C=O) groups excluding carboxylic acids is 1. The van der Waals surface area contributed by atoms with Gasteiger partial charge in [-0.25, -0.2) is 4.79 Å². The molecule has 0 atom stereocenters. The molecule has 0 saturated carbocycles. The van der Waals surface area contributed by atoms with Crippen molar-refractivity contribution in [3.05, 3.63) is 39.9 Å². The number of aliphatic carboxylic acids is 1. The van der Waals surface area contributed by atoms with E-state index in [0.717, 1.165) is 11.8 Å². The maximum Gasteiger partial charge on any atom is 0.328 e. The highest BCUT2D eigenvalue weighted by molar-refractivity contribution is 7.11. The second-order valence-corrected chi connectivity index (χ2v) is 5.11. The molecule has 2 aromatic heterocycles. The average Bonchev–Trinajstić information content (AvgIpc) is 2.94. The SMILES string of the molecule is Cc1nn(C)cc1NC(=O)c1csc(/C=C/C(=O)O)c1. The monoisotopic (exact) mass is 291 g/mol. The van der Waals surface area contributed by atoms with Gasteiger partial charge in [0.15, 0.2) is 0 Å². The van der Waals surface area contributed by atoms with Gasteiger partial charge in [0, 0.05) is 29.6 Å². The summed E-state index contributed by atoms with van der Waals surface area (Å²) < 4.78 is 1.62. The average molecular weight is 291 g/mol. The molecule has 7 heteroatoms. The molecule has 0 aliphatic heterocycles. The van der Waals surface area contributed by atoms with Crippen LogP contribution in [0.4, 0.5) is 5.69 Å². The number of aromatic nitrogens is 2. The summed E-state index contributed by atoms with van der Waals surface area (Å²) >= 11 is 1.31. The smallest absolute Gasteiger partial charge is 0.328 e. The molecule has 0 spiro atoms. The Hall–Kier alpha value is -2.41. The van der Waals surface area contributed by atoms with Gasteiger partial charge in [0.25, 0.3) is 5.91 Å². The van der Waals surface area contributed by atoms with Crippen molar-refractivity contribution < 1.29 is 14.7 Å². The highest BCUT2D eigenvalue weighted by atomic mass is 32.1. The van der Waals surface area contributed by atoms with Crippen molar-refractivity contribution in [2.24, 2.45) is 7.05 Å². The van der Waals surface area contributed by atoms with Crippen LogP contribution in [-0.2, 0) is 11.8 Å². The largest absolute Gasteiger partial charge is 0.478 e. The molecule has 104 valence electrons. The van der Waals surface area contributed by atoms with Gasteiger partial charge in [-0.2, -0.15) is 5.10 Å². The van der Waals surface area contributed by atoms with Gasteiger partial charge in [-0.05, 0) is 19.1 Å². The second kappa shape index (κ2) is 5.70. The Labute approximate surface area is 119 Å². The third kappa shape index (κ3) is 3.33. The maximum absolute atomic E-state index is 12.0. The molecule has 0 bridgehead atoms.